The highest BCUT2D eigenvalue weighted by molar-refractivity contribution is 6.33. The third-order valence-corrected chi connectivity index (χ3v) is 4.23. The average Bonchev–Trinajstić information content (AvgIpc) is 2.93. The lowest BCUT2D eigenvalue weighted by Crippen LogP contribution is -2.07. The number of anilines is 1. The quantitative estimate of drug-likeness (QED) is 0.588. The first kappa shape index (κ1) is 20.2. The Bertz CT molecular complexity index is 1000. The number of nitrogens with one attached hydrogen (secondary N) is 2. The van der Waals surface area contributed by atoms with Crippen molar-refractivity contribution in [2.75, 3.05) is 12.4 Å². The summed E-state index contributed by atoms with van der Waals surface area (Å²) >= 11 is 6.28. The van der Waals surface area contributed by atoms with Crippen molar-refractivity contribution < 1.29 is 19.4 Å². The average molecular weight is 391 g/mol. The first-order valence-corrected chi connectivity index (χ1v) is 8.25. The number of fused-ring (bicyclic) bond motifs is 1. The van der Waals surface area contributed by atoms with Crippen molar-refractivity contribution in [2.24, 2.45) is 0 Å². The molecule has 0 saturated heterocycles. The van der Waals surface area contributed by atoms with Gasteiger partial charge in [-0.05, 0) is 37.6 Å². The van der Waals surface area contributed by atoms with Crippen molar-refractivity contribution in [3.63, 3.8) is 0 Å². The number of H-pyrrole nitrogens is 1. The van der Waals surface area contributed by atoms with Crippen molar-refractivity contribution in [3.05, 3.63) is 34.5 Å². The number of halogens is 1. The number of carboxylic acid groups (broad SMARTS) is 1. The molecule has 8 nitrogen and oxygen atoms in total. The number of ether oxygens (including phenoxy) is 1. The standard InChI is InChI=1S/C17H17ClN4O2.CH2O2/c1-8-5-14(17-16(18)9(2)21-22-17)20-12-7-13(19-10(3)23)15(24-4)6-11(8)12;2-1-3/h5-7H,1-4H3,(H,19,23)(H,21,22);1H,(H,2,3). The fraction of sp³-hybridized carbons (Fsp3) is 0.222. The van der Waals surface area contributed by atoms with Crippen LogP contribution < -0.4 is 10.1 Å². The molecule has 0 atom stereocenters. The predicted octanol–water partition coefficient (Wildman–Crippen LogP) is 3.56. The van der Waals surface area contributed by atoms with Crippen LogP contribution in [0.15, 0.2) is 18.2 Å². The second-order valence-corrected chi connectivity index (χ2v) is 6.07. The molecule has 0 aliphatic rings. The van der Waals surface area contributed by atoms with E-state index in [2.05, 4.69) is 20.5 Å². The molecule has 0 fully saturated rings. The summed E-state index contributed by atoms with van der Waals surface area (Å²) in [4.78, 5) is 24.4. The van der Waals surface area contributed by atoms with Gasteiger partial charge in [0.1, 0.15) is 11.4 Å². The molecule has 0 bridgehead atoms. The Morgan fingerprint density at radius 1 is 1.33 bits per heavy atom. The largest absolute Gasteiger partial charge is 0.495 e. The third-order valence-electron chi connectivity index (χ3n) is 3.76. The monoisotopic (exact) mass is 390 g/mol. The van der Waals surface area contributed by atoms with E-state index >= 15 is 0 Å². The summed E-state index contributed by atoms with van der Waals surface area (Å²) in [6.07, 6.45) is 0. The maximum Gasteiger partial charge on any atom is 0.290 e. The van der Waals surface area contributed by atoms with E-state index in [9.17, 15) is 4.79 Å². The summed E-state index contributed by atoms with van der Waals surface area (Å²) in [5.41, 5.74) is 4.39. The normalized spacial score (nSPS) is 10.1. The van der Waals surface area contributed by atoms with Crippen LogP contribution in [0.2, 0.25) is 5.02 Å². The highest BCUT2D eigenvalue weighted by Crippen LogP contribution is 2.34. The maximum absolute atomic E-state index is 11.4. The van der Waals surface area contributed by atoms with Gasteiger partial charge in [0.2, 0.25) is 5.91 Å². The van der Waals surface area contributed by atoms with Crippen LogP contribution in [0.1, 0.15) is 18.2 Å². The lowest BCUT2D eigenvalue weighted by atomic mass is 10.1. The van der Waals surface area contributed by atoms with Crippen molar-refractivity contribution in [1.82, 2.24) is 15.2 Å². The zero-order valence-electron chi connectivity index (χ0n) is 15.3. The fourth-order valence-electron chi connectivity index (χ4n) is 2.58. The molecule has 0 spiro atoms. The fourth-order valence-corrected chi connectivity index (χ4v) is 2.77. The number of hydrogen-bond acceptors (Lipinski definition) is 5. The Kier molecular flexibility index (Phi) is 6.36. The van der Waals surface area contributed by atoms with Gasteiger partial charge in [-0.3, -0.25) is 14.7 Å². The van der Waals surface area contributed by atoms with Crippen LogP contribution in [0.5, 0.6) is 5.75 Å². The summed E-state index contributed by atoms with van der Waals surface area (Å²) in [6.45, 7) is 5.04. The summed E-state index contributed by atoms with van der Waals surface area (Å²) in [7, 11) is 1.57. The first-order valence-electron chi connectivity index (χ1n) is 7.88. The summed E-state index contributed by atoms with van der Waals surface area (Å²) in [5.74, 6) is 0.412. The lowest BCUT2D eigenvalue weighted by molar-refractivity contribution is -0.123. The van der Waals surface area contributed by atoms with Gasteiger partial charge in [-0.15, -0.1) is 0 Å². The molecule has 1 aromatic carbocycles. The Balaban J connectivity index is 0.000000817. The molecular formula is C18H19ClN4O4. The van der Waals surface area contributed by atoms with Crippen molar-refractivity contribution in [2.45, 2.75) is 20.8 Å². The van der Waals surface area contributed by atoms with Gasteiger partial charge in [0, 0.05) is 12.3 Å². The minimum absolute atomic E-state index is 0.175. The number of methoxy groups -OCH3 is 1. The predicted molar refractivity (Wildman–Crippen MR) is 103 cm³/mol. The Morgan fingerprint density at radius 3 is 2.52 bits per heavy atom. The van der Waals surface area contributed by atoms with Gasteiger partial charge < -0.3 is 15.2 Å². The molecule has 1 amide bonds. The van der Waals surface area contributed by atoms with E-state index in [4.69, 9.17) is 26.2 Å². The number of aryl methyl sites for hydroxylation is 2. The van der Waals surface area contributed by atoms with Crippen molar-refractivity contribution in [1.29, 1.82) is 0 Å². The zero-order valence-corrected chi connectivity index (χ0v) is 16.0. The number of aromatic amines is 1. The number of rotatable bonds is 3. The van der Waals surface area contributed by atoms with Crippen LogP contribution in [0.25, 0.3) is 22.3 Å². The molecule has 0 unspecified atom stereocenters. The van der Waals surface area contributed by atoms with Crippen LogP contribution >= 0.6 is 11.6 Å². The topological polar surface area (TPSA) is 117 Å². The Labute approximate surface area is 160 Å². The van der Waals surface area contributed by atoms with Crippen LogP contribution in [-0.2, 0) is 9.59 Å². The molecule has 0 radical (unpaired) electrons. The van der Waals surface area contributed by atoms with Gasteiger partial charge in [0.25, 0.3) is 6.47 Å². The van der Waals surface area contributed by atoms with E-state index in [1.54, 1.807) is 13.2 Å². The molecule has 3 rings (SSSR count). The van der Waals surface area contributed by atoms with E-state index in [-0.39, 0.29) is 12.4 Å². The molecule has 3 N–H and O–H groups in total. The summed E-state index contributed by atoms with van der Waals surface area (Å²) in [6, 6.07) is 5.59. The zero-order chi connectivity index (χ0) is 20.1. The number of nitrogens with zero attached hydrogens (tertiary/aromatic N) is 2. The summed E-state index contributed by atoms with van der Waals surface area (Å²) in [5, 5.41) is 18.2. The smallest absolute Gasteiger partial charge is 0.290 e. The van der Waals surface area contributed by atoms with E-state index in [1.165, 1.54) is 6.92 Å². The number of carbonyl (C=O) groups excluding carboxylic acids is 1. The molecule has 9 heteroatoms. The van der Waals surface area contributed by atoms with E-state index in [1.807, 2.05) is 26.0 Å². The lowest BCUT2D eigenvalue weighted by Gasteiger charge is -2.12. The van der Waals surface area contributed by atoms with Crippen molar-refractivity contribution in [3.8, 4) is 17.1 Å². The van der Waals surface area contributed by atoms with Crippen molar-refractivity contribution >= 4 is 40.6 Å². The molecule has 0 saturated carbocycles. The van der Waals surface area contributed by atoms with E-state index < -0.39 is 0 Å². The molecule has 2 aromatic heterocycles. The van der Waals surface area contributed by atoms with Gasteiger partial charge >= 0.3 is 0 Å². The molecule has 27 heavy (non-hydrogen) atoms. The van der Waals surface area contributed by atoms with Gasteiger partial charge in [0.15, 0.2) is 0 Å². The number of aromatic nitrogens is 3. The van der Waals surface area contributed by atoms with Crippen LogP contribution in [0.3, 0.4) is 0 Å². The molecular weight excluding hydrogens is 372 g/mol. The Hall–Kier alpha value is -3.13. The molecule has 0 aliphatic heterocycles. The number of benzene rings is 1. The SMILES string of the molecule is COc1cc2c(C)cc(-c3n[nH]c(C)c3Cl)nc2cc1NC(C)=O.O=CO. The van der Waals surface area contributed by atoms with Gasteiger partial charge in [-0.2, -0.15) is 5.10 Å². The van der Waals surface area contributed by atoms with Gasteiger partial charge in [0.05, 0.1) is 34.7 Å². The number of amides is 1. The minimum atomic E-state index is -0.250. The highest BCUT2D eigenvalue weighted by Gasteiger charge is 2.15. The number of hydrogen-bond donors (Lipinski definition) is 3. The third kappa shape index (κ3) is 4.35. The second-order valence-electron chi connectivity index (χ2n) is 5.69. The van der Waals surface area contributed by atoms with Crippen LogP contribution in [0.4, 0.5) is 5.69 Å². The first-order chi connectivity index (χ1) is 12.8. The van der Waals surface area contributed by atoms with E-state index in [0.717, 1.165) is 22.2 Å². The molecule has 0 aliphatic carbocycles. The Morgan fingerprint density at radius 2 is 2.00 bits per heavy atom. The highest BCUT2D eigenvalue weighted by atomic mass is 35.5. The van der Waals surface area contributed by atoms with Gasteiger partial charge in [-0.25, -0.2) is 4.98 Å². The minimum Gasteiger partial charge on any atom is -0.495 e. The molecule has 3 aromatic rings. The van der Waals surface area contributed by atoms with Gasteiger partial charge in [-0.1, -0.05) is 11.6 Å². The second kappa shape index (κ2) is 8.50. The summed E-state index contributed by atoms with van der Waals surface area (Å²) < 4.78 is 5.37. The van der Waals surface area contributed by atoms with Crippen LogP contribution in [-0.4, -0.2) is 39.8 Å². The van der Waals surface area contributed by atoms with E-state index in [0.29, 0.717) is 27.8 Å². The number of pyridine rings is 1. The molecule has 2 heterocycles. The number of carbonyl (C=O) groups is 2. The van der Waals surface area contributed by atoms with Crippen LogP contribution in [0, 0.1) is 13.8 Å². The molecule has 142 valence electrons. The maximum atomic E-state index is 11.4.